The van der Waals surface area contributed by atoms with Crippen molar-refractivity contribution < 1.29 is 14.4 Å². The van der Waals surface area contributed by atoms with E-state index in [1.807, 2.05) is 0 Å². The van der Waals surface area contributed by atoms with Gasteiger partial charge in [0.05, 0.1) is 11.0 Å². The van der Waals surface area contributed by atoms with E-state index in [4.69, 9.17) is 5.73 Å². The Morgan fingerprint density at radius 2 is 2.19 bits per heavy atom. The van der Waals surface area contributed by atoms with E-state index >= 15 is 0 Å². The highest BCUT2D eigenvalue weighted by Crippen LogP contribution is 2.31. The number of nitrogens with zero attached hydrogens (tertiary/aromatic N) is 3. The first-order valence-electron chi connectivity index (χ1n) is 5.98. The van der Waals surface area contributed by atoms with Crippen molar-refractivity contribution in [1.29, 1.82) is 0 Å². The second kappa shape index (κ2) is 7.09. The molecule has 0 radical (unpaired) electrons. The second-order valence-corrected chi connectivity index (χ2v) is 7.86. The first-order valence-corrected chi connectivity index (χ1v) is 8.66. The number of amides is 4. The van der Waals surface area contributed by atoms with Crippen molar-refractivity contribution in [3.63, 3.8) is 0 Å². The number of nitrogens with two attached hydrogens (primary N) is 1. The van der Waals surface area contributed by atoms with Crippen LogP contribution in [0.25, 0.3) is 0 Å². The number of nitrogens with one attached hydrogen (secondary N) is 1. The van der Waals surface area contributed by atoms with E-state index in [1.54, 1.807) is 6.92 Å². The number of hydrogen-bond acceptors (Lipinski definition) is 8. The number of imide groups is 1. The molecule has 0 spiro atoms. The average molecular weight is 347 g/mol. The lowest BCUT2D eigenvalue weighted by atomic mass is 10.4. The van der Waals surface area contributed by atoms with E-state index in [1.165, 1.54) is 39.8 Å². The van der Waals surface area contributed by atoms with E-state index in [0.29, 0.717) is 21.8 Å². The summed E-state index contributed by atoms with van der Waals surface area (Å²) in [6, 6.07) is -0.359. The Balaban J connectivity index is 1.90. The minimum atomic E-state index is -0.434. The van der Waals surface area contributed by atoms with Crippen LogP contribution in [0.4, 0.5) is 4.79 Å². The van der Waals surface area contributed by atoms with Crippen LogP contribution in [-0.2, 0) is 9.59 Å². The maximum Gasteiger partial charge on any atom is 0.324 e. The fraction of sp³-hybridized carbons (Fsp3) is 0.500. The van der Waals surface area contributed by atoms with Crippen LogP contribution in [-0.4, -0.2) is 57.0 Å². The number of thioether (sulfide) groups is 2. The Kier molecular flexibility index (Phi) is 5.42. The third-order valence-electron chi connectivity index (χ3n) is 2.47. The van der Waals surface area contributed by atoms with Gasteiger partial charge in [0.1, 0.15) is 0 Å². The van der Waals surface area contributed by atoms with Gasteiger partial charge in [-0.1, -0.05) is 34.9 Å². The van der Waals surface area contributed by atoms with Gasteiger partial charge in [0.2, 0.25) is 11.8 Å². The van der Waals surface area contributed by atoms with Crippen LogP contribution in [0.5, 0.6) is 0 Å². The molecule has 1 atom stereocenters. The van der Waals surface area contributed by atoms with Gasteiger partial charge in [-0.3, -0.25) is 14.5 Å². The summed E-state index contributed by atoms with van der Waals surface area (Å²) in [7, 11) is 0. The van der Waals surface area contributed by atoms with E-state index in [-0.39, 0.29) is 17.7 Å². The summed E-state index contributed by atoms with van der Waals surface area (Å²) in [6.45, 7) is 2.59. The Labute approximate surface area is 133 Å². The van der Waals surface area contributed by atoms with Crippen molar-refractivity contribution in [3.05, 3.63) is 0 Å². The van der Waals surface area contributed by atoms with Crippen LogP contribution < -0.4 is 11.1 Å². The van der Waals surface area contributed by atoms with Gasteiger partial charge in [0.25, 0.3) is 0 Å². The third-order valence-corrected chi connectivity index (χ3v) is 5.72. The molecule has 1 fully saturated rings. The fourth-order valence-electron chi connectivity index (χ4n) is 1.54. The van der Waals surface area contributed by atoms with Crippen molar-refractivity contribution in [1.82, 2.24) is 20.4 Å². The highest BCUT2D eigenvalue weighted by Gasteiger charge is 2.30. The summed E-state index contributed by atoms with van der Waals surface area (Å²) < 4.78 is 1.23. The van der Waals surface area contributed by atoms with E-state index in [2.05, 4.69) is 15.5 Å². The summed E-state index contributed by atoms with van der Waals surface area (Å²) in [6.07, 6.45) is 0. The Morgan fingerprint density at radius 1 is 1.48 bits per heavy atom. The van der Waals surface area contributed by atoms with E-state index < -0.39 is 11.2 Å². The number of hydrogen-bond donors (Lipinski definition) is 2. The van der Waals surface area contributed by atoms with Gasteiger partial charge in [0.15, 0.2) is 8.68 Å². The van der Waals surface area contributed by atoms with Crippen molar-refractivity contribution in [3.8, 4) is 0 Å². The number of primary amides is 1. The predicted octanol–water partition coefficient (Wildman–Crippen LogP) is 0.148. The van der Waals surface area contributed by atoms with Crippen LogP contribution in [0.2, 0.25) is 0 Å². The number of carbonyl (C=O) groups is 3. The summed E-state index contributed by atoms with van der Waals surface area (Å²) in [5.74, 6) is -0.536. The molecule has 2 rings (SSSR count). The van der Waals surface area contributed by atoms with Gasteiger partial charge in [-0.05, 0) is 6.92 Å². The number of aromatic nitrogens is 2. The fourth-order valence-corrected chi connectivity index (χ4v) is 4.50. The molecule has 11 heteroatoms. The maximum absolute atomic E-state index is 12.1. The smallest absolute Gasteiger partial charge is 0.324 e. The summed E-state index contributed by atoms with van der Waals surface area (Å²) in [4.78, 5) is 35.4. The molecule has 114 valence electrons. The normalized spacial score (nSPS) is 15.9. The second-order valence-electron chi connectivity index (χ2n) is 4.07. The van der Waals surface area contributed by atoms with Gasteiger partial charge < -0.3 is 11.1 Å². The summed E-state index contributed by atoms with van der Waals surface area (Å²) >= 11 is 3.74. The lowest BCUT2D eigenvalue weighted by Crippen LogP contribution is -2.38. The zero-order valence-corrected chi connectivity index (χ0v) is 13.5. The van der Waals surface area contributed by atoms with Crippen LogP contribution >= 0.6 is 34.9 Å². The minimum Gasteiger partial charge on any atom is -0.369 e. The summed E-state index contributed by atoms with van der Waals surface area (Å²) in [5.41, 5.74) is 5.05. The topological polar surface area (TPSA) is 118 Å². The first kappa shape index (κ1) is 16.0. The molecule has 0 saturated carbocycles. The van der Waals surface area contributed by atoms with Gasteiger partial charge >= 0.3 is 6.03 Å². The molecule has 0 aliphatic carbocycles. The number of urea groups is 1. The monoisotopic (exact) mass is 347 g/mol. The highest BCUT2D eigenvalue weighted by molar-refractivity contribution is 8.04. The van der Waals surface area contributed by atoms with Crippen molar-refractivity contribution in [2.75, 3.05) is 18.8 Å². The molecule has 1 aromatic rings. The predicted molar refractivity (Wildman–Crippen MR) is 80.3 cm³/mol. The standard InChI is InChI=1S/C10H13N5O3S3/c1-5(7(17)15-3-2-12-8(15)18)20-10-14-13-9(21-10)19-4-6(11)16/h5H,2-4H2,1H3,(H2,11,16)(H,12,18)/t5-/m1/s1. The quantitative estimate of drug-likeness (QED) is 0.703. The van der Waals surface area contributed by atoms with Crippen molar-refractivity contribution >= 4 is 52.7 Å². The van der Waals surface area contributed by atoms with Crippen LogP contribution in [0.1, 0.15) is 6.92 Å². The van der Waals surface area contributed by atoms with E-state index in [9.17, 15) is 14.4 Å². The van der Waals surface area contributed by atoms with Gasteiger partial charge in [-0.15, -0.1) is 10.2 Å². The Bertz CT molecular complexity index is 564. The molecule has 21 heavy (non-hydrogen) atoms. The third kappa shape index (κ3) is 4.32. The molecule has 1 saturated heterocycles. The Morgan fingerprint density at radius 3 is 2.81 bits per heavy atom. The van der Waals surface area contributed by atoms with Gasteiger partial charge in [0, 0.05) is 13.1 Å². The van der Waals surface area contributed by atoms with Crippen molar-refractivity contribution in [2.45, 2.75) is 20.9 Å². The molecule has 3 N–H and O–H groups in total. The SMILES string of the molecule is C[C@@H](Sc1nnc(SCC(N)=O)s1)C(=O)N1CCNC1=O. The zero-order chi connectivity index (χ0) is 15.4. The molecule has 1 aliphatic rings. The van der Waals surface area contributed by atoms with Crippen LogP contribution in [0, 0.1) is 0 Å². The highest BCUT2D eigenvalue weighted by atomic mass is 32.2. The lowest BCUT2D eigenvalue weighted by molar-refractivity contribution is -0.126. The molecule has 2 heterocycles. The first-order chi connectivity index (χ1) is 9.97. The molecule has 8 nitrogen and oxygen atoms in total. The Hall–Kier alpha value is -1.33. The average Bonchev–Trinajstić information content (AvgIpc) is 3.04. The van der Waals surface area contributed by atoms with Crippen LogP contribution in [0.3, 0.4) is 0 Å². The summed E-state index contributed by atoms with van der Waals surface area (Å²) in [5, 5.41) is 10.0. The maximum atomic E-state index is 12.1. The van der Waals surface area contributed by atoms with Gasteiger partial charge in [-0.25, -0.2) is 4.79 Å². The molecule has 1 aromatic heterocycles. The molecule has 1 aliphatic heterocycles. The van der Waals surface area contributed by atoms with Crippen LogP contribution in [0.15, 0.2) is 8.68 Å². The minimum absolute atomic E-state index is 0.141. The molecular weight excluding hydrogens is 334 g/mol. The molecular formula is C10H13N5O3S3. The zero-order valence-electron chi connectivity index (χ0n) is 11.1. The number of rotatable bonds is 6. The molecule has 0 bridgehead atoms. The number of carbonyl (C=O) groups excluding carboxylic acids is 3. The molecule has 0 unspecified atom stereocenters. The van der Waals surface area contributed by atoms with Gasteiger partial charge in [-0.2, -0.15) is 0 Å². The molecule has 4 amide bonds. The molecule has 0 aromatic carbocycles. The largest absolute Gasteiger partial charge is 0.369 e. The lowest BCUT2D eigenvalue weighted by Gasteiger charge is -2.16. The van der Waals surface area contributed by atoms with E-state index in [0.717, 1.165) is 0 Å². The van der Waals surface area contributed by atoms with Crippen molar-refractivity contribution in [2.24, 2.45) is 5.73 Å².